The van der Waals surface area contributed by atoms with Crippen LogP contribution in [-0.2, 0) is 13.0 Å². The van der Waals surface area contributed by atoms with Gasteiger partial charge in [-0.1, -0.05) is 17.7 Å². The first-order valence-electron chi connectivity index (χ1n) is 4.56. The Kier molecular flexibility index (Phi) is 3.21. The molecule has 0 aromatic carbocycles. The summed E-state index contributed by atoms with van der Waals surface area (Å²) >= 11 is 7.33. The largest absolute Gasteiger partial charge is 0.408 e. The Morgan fingerprint density at radius 2 is 2.44 bits per heavy atom. The molecule has 7 heteroatoms. The quantitative estimate of drug-likeness (QED) is 0.625. The second-order valence-electron chi connectivity index (χ2n) is 3.15. The zero-order valence-electron chi connectivity index (χ0n) is 8.17. The highest BCUT2D eigenvalue weighted by atomic mass is 35.5. The van der Waals surface area contributed by atoms with Gasteiger partial charge < -0.3 is 10.1 Å². The van der Waals surface area contributed by atoms with Crippen molar-refractivity contribution in [3.8, 4) is 0 Å². The second kappa shape index (κ2) is 4.63. The predicted molar refractivity (Wildman–Crippen MR) is 61.9 cm³/mol. The molecule has 0 saturated carbocycles. The number of hydrogen-bond acceptors (Lipinski definition) is 4. The van der Waals surface area contributed by atoms with E-state index in [1.165, 1.54) is 15.8 Å². The average Bonchev–Trinajstić information content (AvgIpc) is 2.83. The fourth-order valence-electron chi connectivity index (χ4n) is 1.30. The number of thiophene rings is 1. The highest BCUT2D eigenvalue weighted by Gasteiger charge is 2.18. The zero-order valence-corrected chi connectivity index (χ0v) is 9.74. The minimum absolute atomic E-state index is 0.0798. The first-order chi connectivity index (χ1) is 7.66. The van der Waals surface area contributed by atoms with E-state index in [9.17, 15) is 10.1 Å². The summed E-state index contributed by atoms with van der Waals surface area (Å²) in [6.07, 6.45) is 2.28. The summed E-state index contributed by atoms with van der Waals surface area (Å²) in [5.74, 6) is -0.284. The van der Waals surface area contributed by atoms with Gasteiger partial charge in [0.1, 0.15) is 0 Å². The van der Waals surface area contributed by atoms with E-state index in [4.69, 9.17) is 11.6 Å². The first-order valence-corrected chi connectivity index (χ1v) is 5.82. The molecule has 2 aromatic heterocycles. The van der Waals surface area contributed by atoms with Crippen LogP contribution in [-0.4, -0.2) is 14.7 Å². The zero-order chi connectivity index (χ0) is 11.5. The van der Waals surface area contributed by atoms with Gasteiger partial charge in [-0.15, -0.1) is 11.3 Å². The molecule has 0 bridgehead atoms. The lowest BCUT2D eigenvalue weighted by atomic mass is 10.3. The summed E-state index contributed by atoms with van der Waals surface area (Å²) in [7, 11) is 0. The fraction of sp³-hybridized carbons (Fsp3) is 0.222. The van der Waals surface area contributed by atoms with Gasteiger partial charge in [0.15, 0.2) is 5.02 Å². The molecule has 2 rings (SSSR count). The van der Waals surface area contributed by atoms with Gasteiger partial charge in [0.2, 0.25) is 0 Å². The van der Waals surface area contributed by atoms with E-state index in [1.54, 1.807) is 11.3 Å². The molecule has 84 valence electrons. The lowest BCUT2D eigenvalue weighted by Crippen LogP contribution is -2.01. The molecule has 5 nitrogen and oxygen atoms in total. The highest BCUT2D eigenvalue weighted by Crippen LogP contribution is 2.21. The van der Waals surface area contributed by atoms with Crippen molar-refractivity contribution in [2.75, 3.05) is 0 Å². The molecular formula is C9H8ClN3O2S. The summed E-state index contributed by atoms with van der Waals surface area (Å²) in [6.45, 7) is 0.591. The third-order valence-electron chi connectivity index (χ3n) is 2.04. The predicted octanol–water partition coefficient (Wildman–Crippen LogP) is 2.75. The highest BCUT2D eigenvalue weighted by molar-refractivity contribution is 7.09. The maximum Gasteiger partial charge on any atom is 0.408 e. The molecule has 0 saturated heterocycles. The van der Waals surface area contributed by atoms with E-state index < -0.39 is 4.92 Å². The van der Waals surface area contributed by atoms with Crippen LogP contribution in [0.4, 0.5) is 5.82 Å². The SMILES string of the molecule is O=[N+]([O-])c1nn(CCc2cccs2)cc1Cl. The Bertz CT molecular complexity index is 495. The summed E-state index contributed by atoms with van der Waals surface area (Å²) in [5, 5.41) is 16.4. The van der Waals surface area contributed by atoms with Gasteiger partial charge in [0.25, 0.3) is 0 Å². The lowest BCUT2D eigenvalue weighted by Gasteiger charge is -1.93. The Balaban J connectivity index is 2.05. The monoisotopic (exact) mass is 257 g/mol. The summed E-state index contributed by atoms with van der Waals surface area (Å²) in [4.78, 5) is 11.2. The fourth-order valence-corrected chi connectivity index (χ4v) is 2.22. The molecule has 0 spiro atoms. The van der Waals surface area contributed by atoms with Gasteiger partial charge in [0.05, 0.1) is 17.8 Å². The maximum atomic E-state index is 10.5. The molecule has 0 aliphatic carbocycles. The normalized spacial score (nSPS) is 10.6. The van der Waals surface area contributed by atoms with Crippen LogP contribution in [0.5, 0.6) is 0 Å². The molecule has 0 unspecified atom stereocenters. The molecule has 0 radical (unpaired) electrons. The van der Waals surface area contributed by atoms with E-state index in [-0.39, 0.29) is 10.8 Å². The van der Waals surface area contributed by atoms with Crippen LogP contribution in [0.3, 0.4) is 0 Å². The van der Waals surface area contributed by atoms with E-state index in [2.05, 4.69) is 5.10 Å². The Morgan fingerprint density at radius 1 is 1.62 bits per heavy atom. The van der Waals surface area contributed by atoms with Crippen molar-refractivity contribution in [3.05, 3.63) is 43.7 Å². The van der Waals surface area contributed by atoms with Crippen LogP contribution in [0, 0.1) is 10.1 Å². The van der Waals surface area contributed by atoms with Crippen molar-refractivity contribution in [2.45, 2.75) is 13.0 Å². The number of aryl methyl sites for hydroxylation is 2. The van der Waals surface area contributed by atoms with E-state index in [0.717, 1.165) is 6.42 Å². The van der Waals surface area contributed by atoms with Crippen LogP contribution >= 0.6 is 22.9 Å². The Labute approximate surface area is 100 Å². The van der Waals surface area contributed by atoms with Crippen molar-refractivity contribution in [2.24, 2.45) is 0 Å². The maximum absolute atomic E-state index is 10.5. The number of aromatic nitrogens is 2. The third kappa shape index (κ3) is 2.40. The average molecular weight is 258 g/mol. The minimum atomic E-state index is -0.579. The second-order valence-corrected chi connectivity index (χ2v) is 4.59. The number of hydrogen-bond donors (Lipinski definition) is 0. The molecule has 0 amide bonds. The summed E-state index contributed by atoms with van der Waals surface area (Å²) in [6, 6.07) is 3.99. The number of rotatable bonds is 4. The topological polar surface area (TPSA) is 61.0 Å². The van der Waals surface area contributed by atoms with Crippen molar-refractivity contribution >= 4 is 28.8 Å². The molecule has 16 heavy (non-hydrogen) atoms. The number of nitro groups is 1. The van der Waals surface area contributed by atoms with Crippen molar-refractivity contribution in [1.29, 1.82) is 0 Å². The van der Waals surface area contributed by atoms with Crippen LogP contribution < -0.4 is 0 Å². The summed E-state index contributed by atoms with van der Waals surface area (Å²) in [5.41, 5.74) is 0. The third-order valence-corrected chi connectivity index (χ3v) is 3.24. The number of nitrogens with zero attached hydrogens (tertiary/aromatic N) is 3. The van der Waals surface area contributed by atoms with Crippen LogP contribution in [0.1, 0.15) is 4.88 Å². The smallest absolute Gasteiger partial charge is 0.358 e. The van der Waals surface area contributed by atoms with Gasteiger partial charge in [0, 0.05) is 11.3 Å². The van der Waals surface area contributed by atoms with Crippen LogP contribution in [0.15, 0.2) is 23.7 Å². The van der Waals surface area contributed by atoms with Gasteiger partial charge in [-0.25, -0.2) is 0 Å². The molecule has 2 heterocycles. The lowest BCUT2D eigenvalue weighted by molar-refractivity contribution is -0.389. The molecule has 0 N–H and O–H groups in total. The van der Waals surface area contributed by atoms with Gasteiger partial charge in [-0.05, 0) is 16.4 Å². The van der Waals surface area contributed by atoms with Crippen molar-refractivity contribution < 1.29 is 4.92 Å². The molecule has 2 aromatic rings. The molecular weight excluding hydrogens is 250 g/mol. The number of halogens is 1. The van der Waals surface area contributed by atoms with Gasteiger partial charge >= 0.3 is 5.82 Å². The minimum Gasteiger partial charge on any atom is -0.358 e. The van der Waals surface area contributed by atoms with Crippen molar-refractivity contribution in [3.63, 3.8) is 0 Å². The standard InChI is InChI=1S/C9H8ClN3O2S/c10-8-6-12(11-9(8)13(14)15)4-3-7-2-1-5-16-7/h1-2,5-6H,3-4H2. The molecule has 0 aliphatic rings. The molecule has 0 fully saturated rings. The van der Waals surface area contributed by atoms with Crippen molar-refractivity contribution in [1.82, 2.24) is 9.78 Å². The first kappa shape index (κ1) is 11.1. The van der Waals surface area contributed by atoms with Gasteiger partial charge in [-0.2, -0.15) is 4.68 Å². The summed E-state index contributed by atoms with van der Waals surface area (Å²) < 4.78 is 1.50. The molecule has 0 atom stereocenters. The van der Waals surface area contributed by atoms with E-state index >= 15 is 0 Å². The van der Waals surface area contributed by atoms with Crippen LogP contribution in [0.25, 0.3) is 0 Å². The Morgan fingerprint density at radius 3 is 3.00 bits per heavy atom. The Hall–Kier alpha value is -1.40. The molecule has 0 aliphatic heterocycles. The van der Waals surface area contributed by atoms with Gasteiger partial charge in [-0.3, -0.25) is 0 Å². The van der Waals surface area contributed by atoms with Crippen LogP contribution in [0.2, 0.25) is 5.02 Å². The van der Waals surface area contributed by atoms with E-state index in [0.29, 0.717) is 6.54 Å². The van der Waals surface area contributed by atoms with E-state index in [1.807, 2.05) is 17.5 Å².